The Balaban J connectivity index is 1.44. The quantitative estimate of drug-likeness (QED) is 0.243. The minimum absolute atomic E-state index is 0.291. The summed E-state index contributed by atoms with van der Waals surface area (Å²) in [4.78, 5) is 19.0. The fraction of sp³-hybridized carbons (Fsp3) is 0.174. The zero-order valence-corrected chi connectivity index (χ0v) is 19.8. The Morgan fingerprint density at radius 1 is 1.06 bits per heavy atom. The van der Waals surface area contributed by atoms with E-state index in [1.165, 1.54) is 44.2 Å². The average molecular weight is 578 g/mol. The van der Waals surface area contributed by atoms with E-state index in [4.69, 9.17) is 0 Å². The van der Waals surface area contributed by atoms with Crippen molar-refractivity contribution in [2.24, 2.45) is 0 Å². The first kappa shape index (κ1) is 22.4. The number of fused-ring (bicyclic) bond motifs is 1. The van der Waals surface area contributed by atoms with Gasteiger partial charge in [-0.1, -0.05) is 0 Å². The number of hydrogen-bond acceptors (Lipinski definition) is 4. The van der Waals surface area contributed by atoms with E-state index in [9.17, 15) is 18.0 Å². The molecule has 2 aromatic carbocycles. The number of halogens is 4. The molecule has 0 saturated carbocycles. The van der Waals surface area contributed by atoms with Gasteiger partial charge in [-0.3, -0.25) is 0 Å². The Labute approximate surface area is 206 Å². The van der Waals surface area contributed by atoms with Gasteiger partial charge in [0.2, 0.25) is 0 Å². The molecule has 174 valence electrons. The third kappa shape index (κ3) is 4.27. The molecule has 5 rings (SSSR count). The number of aromatic nitrogens is 3. The van der Waals surface area contributed by atoms with Crippen molar-refractivity contribution in [1.29, 1.82) is 0 Å². The summed E-state index contributed by atoms with van der Waals surface area (Å²) in [5, 5.41) is 7.34. The SMILES string of the molecule is O=C(Nc1ccc(F)cc1)N(I)c1cnc2ccc(N3CCCC3c3cc(F)ccc3F)nn12. The second kappa shape index (κ2) is 9.12. The minimum Gasteiger partial charge on any atom is -0.348 e. The van der Waals surface area contributed by atoms with Crippen LogP contribution in [0.1, 0.15) is 24.4 Å². The highest BCUT2D eigenvalue weighted by molar-refractivity contribution is 14.1. The van der Waals surface area contributed by atoms with Gasteiger partial charge < -0.3 is 10.2 Å². The predicted molar refractivity (Wildman–Crippen MR) is 131 cm³/mol. The lowest BCUT2D eigenvalue weighted by atomic mass is 10.0. The first-order valence-electron chi connectivity index (χ1n) is 10.5. The van der Waals surface area contributed by atoms with Gasteiger partial charge in [0.1, 0.15) is 23.3 Å². The standard InChI is InChI=1S/C23H18F3IN6O/c24-14-3-6-16(7-4-14)29-23(34)32(27)22-13-28-20-9-10-21(30-33(20)22)31-11-1-2-19(31)17-12-15(25)5-8-18(17)26/h3-10,12-13,19H,1-2,11H2,(H,29,34). The van der Waals surface area contributed by atoms with Crippen LogP contribution in [0.15, 0.2) is 60.8 Å². The summed E-state index contributed by atoms with van der Waals surface area (Å²) in [5.74, 6) is -0.401. The topological polar surface area (TPSA) is 65.8 Å². The maximum Gasteiger partial charge on any atom is 0.336 e. The first-order valence-corrected chi connectivity index (χ1v) is 11.5. The average Bonchev–Trinajstić information content (AvgIpc) is 3.48. The van der Waals surface area contributed by atoms with Gasteiger partial charge in [-0.05, 0) is 67.4 Å². The summed E-state index contributed by atoms with van der Waals surface area (Å²) in [6.07, 6.45) is 2.97. The second-order valence-electron chi connectivity index (χ2n) is 7.81. The van der Waals surface area contributed by atoms with Crippen LogP contribution in [-0.4, -0.2) is 27.2 Å². The van der Waals surface area contributed by atoms with Gasteiger partial charge in [0.25, 0.3) is 0 Å². The van der Waals surface area contributed by atoms with Gasteiger partial charge in [-0.25, -0.2) is 26.1 Å². The summed E-state index contributed by atoms with van der Waals surface area (Å²) in [6.45, 7) is 0.627. The van der Waals surface area contributed by atoms with Crippen LogP contribution in [0.25, 0.3) is 5.65 Å². The number of rotatable bonds is 4. The Bertz CT molecular complexity index is 1360. The fourth-order valence-corrected chi connectivity index (χ4v) is 4.53. The Morgan fingerprint density at radius 2 is 1.82 bits per heavy atom. The Kier molecular flexibility index (Phi) is 6.02. The third-order valence-corrected chi connectivity index (χ3v) is 6.60. The maximum absolute atomic E-state index is 14.5. The summed E-state index contributed by atoms with van der Waals surface area (Å²) in [7, 11) is 0. The fourth-order valence-electron chi connectivity index (χ4n) is 4.08. The number of amides is 2. The van der Waals surface area contributed by atoms with E-state index >= 15 is 0 Å². The van der Waals surface area contributed by atoms with E-state index in [1.54, 1.807) is 12.1 Å². The van der Waals surface area contributed by atoms with E-state index in [0.29, 0.717) is 41.5 Å². The molecule has 7 nitrogen and oxygen atoms in total. The molecular formula is C23H18F3IN6O. The van der Waals surface area contributed by atoms with Crippen LogP contribution in [0.3, 0.4) is 0 Å². The molecule has 0 bridgehead atoms. The molecule has 3 heterocycles. The molecule has 11 heteroatoms. The molecule has 4 aromatic rings. The van der Waals surface area contributed by atoms with Gasteiger partial charge in [0.15, 0.2) is 11.5 Å². The van der Waals surface area contributed by atoms with E-state index in [1.807, 2.05) is 27.8 Å². The largest absolute Gasteiger partial charge is 0.348 e. The summed E-state index contributed by atoms with van der Waals surface area (Å²) in [5.41, 5.74) is 1.25. The number of urea groups is 1. The predicted octanol–water partition coefficient (Wildman–Crippen LogP) is 5.88. The number of nitrogens with zero attached hydrogens (tertiary/aromatic N) is 5. The summed E-state index contributed by atoms with van der Waals surface area (Å²) < 4.78 is 44.3. The van der Waals surface area contributed by atoms with Crippen molar-refractivity contribution in [2.45, 2.75) is 18.9 Å². The molecule has 1 atom stereocenters. The monoisotopic (exact) mass is 578 g/mol. The molecule has 1 fully saturated rings. The zero-order chi connectivity index (χ0) is 23.8. The maximum atomic E-state index is 14.5. The normalized spacial score (nSPS) is 15.6. The molecule has 1 aliphatic rings. The lowest BCUT2D eigenvalue weighted by molar-refractivity contribution is 0.260. The van der Waals surface area contributed by atoms with Crippen LogP contribution in [0.2, 0.25) is 0 Å². The lowest BCUT2D eigenvalue weighted by Crippen LogP contribution is -2.28. The van der Waals surface area contributed by atoms with E-state index in [2.05, 4.69) is 15.4 Å². The highest BCUT2D eigenvalue weighted by atomic mass is 127. The van der Waals surface area contributed by atoms with E-state index < -0.39 is 23.5 Å². The Morgan fingerprint density at radius 3 is 2.62 bits per heavy atom. The smallest absolute Gasteiger partial charge is 0.336 e. The van der Waals surface area contributed by atoms with Crippen LogP contribution < -0.4 is 13.3 Å². The van der Waals surface area contributed by atoms with Crippen LogP contribution in [-0.2, 0) is 0 Å². The summed E-state index contributed by atoms with van der Waals surface area (Å²) in [6, 6.07) is 11.6. The van der Waals surface area contributed by atoms with Crippen molar-refractivity contribution >= 4 is 51.9 Å². The number of benzene rings is 2. The first-order chi connectivity index (χ1) is 16.4. The molecule has 1 unspecified atom stereocenters. The molecule has 0 radical (unpaired) electrons. The van der Waals surface area contributed by atoms with Crippen molar-refractivity contribution in [3.63, 3.8) is 0 Å². The molecular weight excluding hydrogens is 560 g/mol. The molecule has 1 N–H and O–H groups in total. The molecule has 2 aromatic heterocycles. The van der Waals surface area contributed by atoms with E-state index in [-0.39, 0.29) is 6.04 Å². The third-order valence-electron chi connectivity index (χ3n) is 5.67. The molecule has 1 aliphatic heterocycles. The van der Waals surface area contributed by atoms with Crippen LogP contribution in [0.4, 0.5) is 35.3 Å². The number of carbonyl (C=O) groups excluding carboxylic acids is 1. The van der Waals surface area contributed by atoms with Crippen LogP contribution >= 0.6 is 22.9 Å². The number of carbonyl (C=O) groups is 1. The zero-order valence-electron chi connectivity index (χ0n) is 17.6. The number of imidazole rings is 1. The molecule has 0 spiro atoms. The minimum atomic E-state index is -0.490. The number of anilines is 3. The van der Waals surface area contributed by atoms with Crippen LogP contribution in [0.5, 0.6) is 0 Å². The highest BCUT2D eigenvalue weighted by Crippen LogP contribution is 2.37. The van der Waals surface area contributed by atoms with E-state index in [0.717, 1.165) is 18.6 Å². The molecule has 34 heavy (non-hydrogen) atoms. The second-order valence-corrected chi connectivity index (χ2v) is 8.78. The van der Waals surface area contributed by atoms with Crippen LogP contribution in [0, 0.1) is 17.5 Å². The lowest BCUT2D eigenvalue weighted by Gasteiger charge is -2.26. The number of hydrogen-bond donors (Lipinski definition) is 1. The van der Waals surface area contributed by atoms with Gasteiger partial charge in [-0.15, -0.1) is 5.10 Å². The highest BCUT2D eigenvalue weighted by Gasteiger charge is 2.30. The van der Waals surface area contributed by atoms with Gasteiger partial charge >= 0.3 is 6.03 Å². The van der Waals surface area contributed by atoms with Gasteiger partial charge in [0.05, 0.1) is 35.1 Å². The van der Waals surface area contributed by atoms with Crippen molar-refractivity contribution in [1.82, 2.24) is 14.6 Å². The molecule has 0 aliphatic carbocycles. The molecule has 2 amide bonds. The van der Waals surface area contributed by atoms with Crippen molar-refractivity contribution in [3.8, 4) is 0 Å². The van der Waals surface area contributed by atoms with Crippen molar-refractivity contribution < 1.29 is 18.0 Å². The van der Waals surface area contributed by atoms with Crippen molar-refractivity contribution in [3.05, 3.63) is 83.8 Å². The van der Waals surface area contributed by atoms with Crippen molar-refractivity contribution in [2.75, 3.05) is 19.9 Å². The van der Waals surface area contributed by atoms with Gasteiger partial charge in [-0.2, -0.15) is 4.52 Å². The molecule has 1 saturated heterocycles. The van der Waals surface area contributed by atoms with Gasteiger partial charge in [0, 0.05) is 17.8 Å². The number of nitrogens with one attached hydrogen (secondary N) is 1. The Hall–Kier alpha value is -3.35. The summed E-state index contributed by atoms with van der Waals surface area (Å²) >= 11 is 1.83.